The van der Waals surface area contributed by atoms with Crippen LogP contribution in [-0.4, -0.2) is 15.6 Å². The number of hydrogen-bond acceptors (Lipinski definition) is 2. The van der Waals surface area contributed by atoms with Crippen molar-refractivity contribution in [2.24, 2.45) is 0 Å². The number of carboxylic acids is 1. The normalized spacial score (nSPS) is 11.1. The molecule has 0 radical (unpaired) electrons. The van der Waals surface area contributed by atoms with Gasteiger partial charge in [0, 0.05) is 51.6 Å². The second kappa shape index (κ2) is 9.62. The van der Waals surface area contributed by atoms with E-state index in [1.54, 1.807) is 6.92 Å². The Morgan fingerprint density at radius 1 is 0.889 bits per heavy atom. The van der Waals surface area contributed by atoms with Crippen LogP contribution in [0.25, 0.3) is 33.5 Å². The molecule has 0 atom stereocenters. The summed E-state index contributed by atoms with van der Waals surface area (Å²) in [5.41, 5.74) is -1.20. The average molecular weight is 516 g/mol. The summed E-state index contributed by atoms with van der Waals surface area (Å²) >= 11 is 6.42. The molecule has 0 amide bonds. The lowest BCUT2D eigenvalue weighted by Crippen LogP contribution is -2.25. The molecule has 0 fully saturated rings. The number of nitrogens with zero attached hydrogens (tertiary/aromatic N) is 1. The van der Waals surface area contributed by atoms with Crippen LogP contribution in [0.1, 0.15) is 23.0 Å². The third-order valence-corrected chi connectivity index (χ3v) is 6.23. The maximum atomic E-state index is 14.6. The Labute approximate surface area is 208 Å². The summed E-state index contributed by atoms with van der Waals surface area (Å²) in [4.78, 5) is 25.7. The van der Waals surface area contributed by atoms with Gasteiger partial charge in [0.1, 0.15) is 28.8 Å². The van der Waals surface area contributed by atoms with Crippen molar-refractivity contribution in [2.45, 2.75) is 20.4 Å². The van der Waals surface area contributed by atoms with Gasteiger partial charge in [-0.05, 0) is 44.2 Å². The maximum Gasteiger partial charge on any atom is 0.341 e. The molecular formula is C27H18ClF4NO3. The quantitative estimate of drug-likeness (QED) is 0.289. The molecule has 0 aliphatic heterocycles. The Balaban J connectivity index is 2.00. The van der Waals surface area contributed by atoms with E-state index < -0.39 is 40.2 Å². The van der Waals surface area contributed by atoms with E-state index in [1.165, 1.54) is 35.8 Å². The molecule has 0 unspecified atom stereocenters. The van der Waals surface area contributed by atoms with Crippen LogP contribution < -0.4 is 5.43 Å². The summed E-state index contributed by atoms with van der Waals surface area (Å²) in [5.74, 6) is -4.98. The summed E-state index contributed by atoms with van der Waals surface area (Å²) in [6.07, 6.45) is 0. The molecule has 3 aromatic carbocycles. The Bertz CT molecular complexity index is 1600. The minimum atomic E-state index is -1.55. The van der Waals surface area contributed by atoms with Crippen LogP contribution in [0.4, 0.5) is 17.6 Å². The number of aromatic carboxylic acids is 1. The fraction of sp³-hybridized carbons (Fsp3) is 0.111. The van der Waals surface area contributed by atoms with Gasteiger partial charge in [-0.15, -0.1) is 0 Å². The molecule has 4 aromatic rings. The summed E-state index contributed by atoms with van der Waals surface area (Å²) in [6.45, 7) is 3.44. The molecule has 9 heteroatoms. The third-order valence-electron chi connectivity index (χ3n) is 5.92. The van der Waals surface area contributed by atoms with E-state index in [0.29, 0.717) is 12.1 Å². The second-order valence-corrected chi connectivity index (χ2v) is 8.41. The molecule has 0 saturated carbocycles. The Hall–Kier alpha value is -3.91. The van der Waals surface area contributed by atoms with Crippen LogP contribution in [0, 0.1) is 30.2 Å². The van der Waals surface area contributed by atoms with Crippen LogP contribution in [-0.2, 0) is 6.54 Å². The molecule has 184 valence electrons. The molecule has 4 nitrogen and oxygen atoms in total. The van der Waals surface area contributed by atoms with E-state index in [1.807, 2.05) is 0 Å². The molecule has 0 bridgehead atoms. The predicted octanol–water partition coefficient (Wildman–Crippen LogP) is 7.09. The topological polar surface area (TPSA) is 59.3 Å². The molecule has 36 heavy (non-hydrogen) atoms. The zero-order chi connectivity index (χ0) is 26.3. The van der Waals surface area contributed by atoms with Crippen LogP contribution in [0.2, 0.25) is 5.02 Å². The van der Waals surface area contributed by atoms with E-state index in [0.717, 1.165) is 18.2 Å². The first-order valence-corrected chi connectivity index (χ1v) is 11.1. The van der Waals surface area contributed by atoms with Gasteiger partial charge < -0.3 is 9.67 Å². The number of pyridine rings is 1. The average Bonchev–Trinajstić information content (AvgIpc) is 2.80. The molecule has 1 N–H and O–H groups in total. The Kier molecular flexibility index (Phi) is 6.73. The minimum absolute atomic E-state index is 0.0202. The Morgan fingerprint density at radius 2 is 1.44 bits per heavy atom. The zero-order valence-corrected chi connectivity index (χ0v) is 19.8. The van der Waals surface area contributed by atoms with Gasteiger partial charge in [-0.3, -0.25) is 4.79 Å². The van der Waals surface area contributed by atoms with Crippen molar-refractivity contribution in [2.75, 3.05) is 0 Å². The van der Waals surface area contributed by atoms with Crippen LogP contribution in [0.15, 0.2) is 59.4 Å². The molecular weight excluding hydrogens is 498 g/mol. The number of hydrogen-bond donors (Lipinski definition) is 1. The van der Waals surface area contributed by atoms with Gasteiger partial charge >= 0.3 is 5.97 Å². The van der Waals surface area contributed by atoms with E-state index in [9.17, 15) is 32.3 Å². The van der Waals surface area contributed by atoms with Gasteiger partial charge in [-0.2, -0.15) is 0 Å². The summed E-state index contributed by atoms with van der Waals surface area (Å²) in [5, 5.41) is 10.0. The molecule has 0 aliphatic carbocycles. The lowest BCUT2D eigenvalue weighted by molar-refractivity contribution is 0.0695. The third kappa shape index (κ3) is 4.28. The number of carboxylic acid groups (broad SMARTS) is 1. The zero-order valence-electron chi connectivity index (χ0n) is 19.0. The van der Waals surface area contributed by atoms with Gasteiger partial charge in [0.05, 0.1) is 11.3 Å². The molecule has 1 aromatic heterocycles. The van der Waals surface area contributed by atoms with Gasteiger partial charge in [0.25, 0.3) is 0 Å². The molecule has 0 spiro atoms. The minimum Gasteiger partial charge on any atom is -0.477 e. The summed E-state index contributed by atoms with van der Waals surface area (Å²) < 4.78 is 57.2. The largest absolute Gasteiger partial charge is 0.477 e. The monoisotopic (exact) mass is 515 g/mol. The second-order valence-electron chi connectivity index (χ2n) is 8.01. The van der Waals surface area contributed by atoms with Crippen molar-refractivity contribution in [3.05, 3.63) is 104 Å². The van der Waals surface area contributed by atoms with Crippen molar-refractivity contribution >= 4 is 17.6 Å². The highest BCUT2D eigenvalue weighted by molar-refractivity contribution is 6.33. The first-order valence-electron chi connectivity index (χ1n) is 10.8. The number of aromatic nitrogens is 1. The van der Waals surface area contributed by atoms with Crippen molar-refractivity contribution in [3.63, 3.8) is 0 Å². The number of halogens is 5. The predicted molar refractivity (Wildman–Crippen MR) is 129 cm³/mol. The van der Waals surface area contributed by atoms with Gasteiger partial charge in [0.2, 0.25) is 5.43 Å². The molecule has 4 rings (SSSR count). The van der Waals surface area contributed by atoms with Crippen molar-refractivity contribution in [1.82, 2.24) is 4.57 Å². The van der Waals surface area contributed by atoms with E-state index in [-0.39, 0.29) is 50.8 Å². The van der Waals surface area contributed by atoms with Crippen molar-refractivity contribution < 1.29 is 27.5 Å². The van der Waals surface area contributed by atoms with Crippen LogP contribution in [0.3, 0.4) is 0 Å². The van der Waals surface area contributed by atoms with Gasteiger partial charge in [-0.1, -0.05) is 23.7 Å². The first-order chi connectivity index (χ1) is 17.0. The lowest BCUT2D eigenvalue weighted by Gasteiger charge is -2.22. The van der Waals surface area contributed by atoms with Crippen molar-refractivity contribution in [1.29, 1.82) is 0 Å². The van der Waals surface area contributed by atoms with E-state index >= 15 is 0 Å². The smallest absolute Gasteiger partial charge is 0.341 e. The number of benzene rings is 3. The van der Waals surface area contributed by atoms with Crippen LogP contribution >= 0.6 is 11.6 Å². The summed E-state index contributed by atoms with van der Waals surface area (Å²) in [7, 11) is 0. The van der Waals surface area contributed by atoms with Gasteiger partial charge in [-0.25, -0.2) is 22.4 Å². The summed E-state index contributed by atoms with van der Waals surface area (Å²) in [6, 6.07) is 9.99. The lowest BCUT2D eigenvalue weighted by atomic mass is 9.94. The molecule has 0 aliphatic rings. The number of carbonyl (C=O) groups is 1. The first kappa shape index (κ1) is 25.2. The number of rotatable bonds is 5. The van der Waals surface area contributed by atoms with Gasteiger partial charge in [0.15, 0.2) is 0 Å². The maximum absolute atomic E-state index is 14.6. The fourth-order valence-corrected chi connectivity index (χ4v) is 4.61. The Morgan fingerprint density at radius 3 is 1.94 bits per heavy atom. The van der Waals surface area contributed by atoms with Crippen molar-refractivity contribution in [3.8, 4) is 33.5 Å². The highest BCUT2D eigenvalue weighted by Gasteiger charge is 2.27. The van der Waals surface area contributed by atoms with E-state index in [2.05, 4.69) is 0 Å². The highest BCUT2D eigenvalue weighted by Crippen LogP contribution is 2.36. The van der Waals surface area contributed by atoms with Crippen LogP contribution in [0.5, 0.6) is 0 Å². The molecule has 1 heterocycles. The SMILES string of the molecule is CCn1c(C)c(-c2ccc(F)cc2F)c(=O)c(C(=O)O)c1-c1ccc(-c2ccc(F)cc2F)c(Cl)c1. The molecule has 0 saturated heterocycles. The standard InChI is InChI=1S/C27H18ClF4NO3/c1-3-33-13(2)23(19-9-6-16(30)12-22(19)32)26(34)24(27(35)36)25(33)14-4-7-17(20(28)10-14)18-8-5-15(29)11-21(18)31/h4-12H,3H2,1-2H3,(H,35,36). The highest BCUT2D eigenvalue weighted by atomic mass is 35.5. The fourth-order valence-electron chi connectivity index (χ4n) is 4.33. The van der Waals surface area contributed by atoms with E-state index in [4.69, 9.17) is 11.6 Å².